The Bertz CT molecular complexity index is 533. The fourth-order valence-corrected chi connectivity index (χ4v) is 2.79. The van der Waals surface area contributed by atoms with Crippen LogP contribution in [0.1, 0.15) is 12.8 Å². The molecule has 3 nitrogen and oxygen atoms in total. The summed E-state index contributed by atoms with van der Waals surface area (Å²) in [6.07, 6.45) is 4.39. The van der Waals surface area contributed by atoms with Gasteiger partial charge in [-0.15, -0.1) is 0 Å². The number of fused-ring (bicyclic) bond motifs is 1. The summed E-state index contributed by atoms with van der Waals surface area (Å²) in [5.74, 6) is 0. The smallest absolute Gasteiger partial charge is 0.0722 e. The van der Waals surface area contributed by atoms with Crippen LogP contribution in [0.3, 0.4) is 0 Å². The lowest BCUT2D eigenvalue weighted by atomic mass is 10.0. The number of benzene rings is 1. The highest BCUT2D eigenvalue weighted by Crippen LogP contribution is 2.27. The first-order valence-corrected chi connectivity index (χ1v) is 6.64. The number of nitrogens with one attached hydrogen (secondary N) is 1. The fourth-order valence-electron chi connectivity index (χ4n) is 2.79. The van der Waals surface area contributed by atoms with E-state index in [1.807, 2.05) is 12.3 Å². The van der Waals surface area contributed by atoms with Gasteiger partial charge in [-0.05, 0) is 44.2 Å². The standard InChI is InChI=1S/C15H19N3/c1-16-12-5-4-10-18(11-12)15-8-2-7-14-13(15)6-3-9-17-14/h2-3,6-9,12,16H,4-5,10-11H2,1H3. The molecule has 0 spiro atoms. The highest BCUT2D eigenvalue weighted by atomic mass is 15.2. The summed E-state index contributed by atoms with van der Waals surface area (Å²) in [7, 11) is 2.05. The second-order valence-electron chi connectivity index (χ2n) is 4.92. The second-order valence-corrected chi connectivity index (χ2v) is 4.92. The van der Waals surface area contributed by atoms with Crippen molar-refractivity contribution >= 4 is 16.6 Å². The van der Waals surface area contributed by atoms with Crippen LogP contribution < -0.4 is 10.2 Å². The van der Waals surface area contributed by atoms with E-state index in [1.54, 1.807) is 0 Å². The largest absolute Gasteiger partial charge is 0.369 e. The fraction of sp³-hybridized carbons (Fsp3) is 0.400. The molecule has 0 aliphatic carbocycles. The summed E-state index contributed by atoms with van der Waals surface area (Å²) in [6.45, 7) is 2.23. The molecule has 1 atom stereocenters. The summed E-state index contributed by atoms with van der Waals surface area (Å²) in [5, 5.41) is 4.66. The molecule has 18 heavy (non-hydrogen) atoms. The van der Waals surface area contributed by atoms with Crippen molar-refractivity contribution in [3.05, 3.63) is 36.5 Å². The molecule has 0 saturated carbocycles. The van der Waals surface area contributed by atoms with Gasteiger partial charge >= 0.3 is 0 Å². The molecule has 0 amide bonds. The molecule has 1 aromatic heterocycles. The first kappa shape index (κ1) is 11.5. The van der Waals surface area contributed by atoms with Gasteiger partial charge in [-0.1, -0.05) is 6.07 Å². The van der Waals surface area contributed by atoms with E-state index in [0.717, 1.165) is 18.6 Å². The van der Waals surface area contributed by atoms with Gasteiger partial charge in [-0.3, -0.25) is 4.98 Å². The quantitative estimate of drug-likeness (QED) is 0.875. The third-order valence-electron chi connectivity index (χ3n) is 3.79. The Morgan fingerprint density at radius 2 is 2.22 bits per heavy atom. The maximum absolute atomic E-state index is 4.43. The van der Waals surface area contributed by atoms with Gasteiger partial charge in [0.25, 0.3) is 0 Å². The van der Waals surface area contributed by atoms with Crippen LogP contribution in [0, 0.1) is 0 Å². The van der Waals surface area contributed by atoms with Crippen LogP contribution >= 0.6 is 0 Å². The number of anilines is 1. The van der Waals surface area contributed by atoms with Gasteiger partial charge in [0.05, 0.1) is 5.52 Å². The molecular weight excluding hydrogens is 222 g/mol. The van der Waals surface area contributed by atoms with Crippen LogP contribution in [0.15, 0.2) is 36.5 Å². The number of nitrogens with zero attached hydrogens (tertiary/aromatic N) is 2. The number of piperidine rings is 1. The molecule has 1 unspecified atom stereocenters. The molecule has 3 rings (SSSR count). The van der Waals surface area contributed by atoms with E-state index >= 15 is 0 Å². The van der Waals surface area contributed by atoms with Crippen LogP contribution in [0.4, 0.5) is 5.69 Å². The summed E-state index contributed by atoms with van der Waals surface area (Å²) < 4.78 is 0. The van der Waals surface area contributed by atoms with Crippen LogP contribution in [-0.4, -0.2) is 31.2 Å². The van der Waals surface area contributed by atoms with Crippen molar-refractivity contribution in [3.63, 3.8) is 0 Å². The van der Waals surface area contributed by atoms with E-state index < -0.39 is 0 Å². The lowest BCUT2D eigenvalue weighted by Gasteiger charge is -2.34. The lowest BCUT2D eigenvalue weighted by molar-refractivity contribution is 0.450. The minimum Gasteiger partial charge on any atom is -0.369 e. The Balaban J connectivity index is 1.98. The zero-order chi connectivity index (χ0) is 12.4. The predicted molar refractivity (Wildman–Crippen MR) is 76.0 cm³/mol. The van der Waals surface area contributed by atoms with Gasteiger partial charge in [0.1, 0.15) is 0 Å². The average molecular weight is 241 g/mol. The monoisotopic (exact) mass is 241 g/mol. The molecular formula is C15H19N3. The predicted octanol–water partition coefficient (Wildman–Crippen LogP) is 2.42. The Labute approximate surface area is 108 Å². The molecule has 1 fully saturated rings. The van der Waals surface area contributed by atoms with E-state index in [-0.39, 0.29) is 0 Å². The molecule has 1 aliphatic rings. The number of rotatable bonds is 2. The topological polar surface area (TPSA) is 28.2 Å². The summed E-state index contributed by atoms with van der Waals surface area (Å²) >= 11 is 0. The molecule has 1 aliphatic heterocycles. The third kappa shape index (κ3) is 2.06. The van der Waals surface area contributed by atoms with Crippen LogP contribution in [0.2, 0.25) is 0 Å². The zero-order valence-corrected chi connectivity index (χ0v) is 10.8. The van der Waals surface area contributed by atoms with E-state index in [9.17, 15) is 0 Å². The first-order valence-electron chi connectivity index (χ1n) is 6.64. The third-order valence-corrected chi connectivity index (χ3v) is 3.79. The van der Waals surface area contributed by atoms with Crippen LogP contribution in [-0.2, 0) is 0 Å². The van der Waals surface area contributed by atoms with Gasteiger partial charge < -0.3 is 10.2 Å². The Kier molecular flexibility index (Phi) is 3.15. The molecule has 2 heterocycles. The van der Waals surface area contributed by atoms with E-state index in [2.05, 4.69) is 46.5 Å². The van der Waals surface area contributed by atoms with Crippen LogP contribution in [0.25, 0.3) is 10.9 Å². The Morgan fingerprint density at radius 3 is 3.11 bits per heavy atom. The van der Waals surface area contributed by atoms with Gasteiger partial charge in [0.15, 0.2) is 0 Å². The number of likely N-dealkylation sites (N-methyl/N-ethyl adjacent to an activating group) is 1. The maximum Gasteiger partial charge on any atom is 0.0722 e. The van der Waals surface area contributed by atoms with Crippen molar-refractivity contribution in [1.29, 1.82) is 0 Å². The molecule has 1 aromatic carbocycles. The minimum atomic E-state index is 0.602. The number of hydrogen-bond acceptors (Lipinski definition) is 3. The van der Waals surface area contributed by atoms with Crippen LogP contribution in [0.5, 0.6) is 0 Å². The highest BCUT2D eigenvalue weighted by Gasteiger charge is 2.19. The molecule has 1 N–H and O–H groups in total. The average Bonchev–Trinajstić information content (AvgIpc) is 2.47. The SMILES string of the molecule is CNC1CCCN(c2cccc3ncccc23)C1. The van der Waals surface area contributed by atoms with Crippen molar-refractivity contribution in [1.82, 2.24) is 10.3 Å². The van der Waals surface area contributed by atoms with Gasteiger partial charge in [0, 0.05) is 36.4 Å². The van der Waals surface area contributed by atoms with E-state index in [1.165, 1.54) is 23.9 Å². The van der Waals surface area contributed by atoms with Gasteiger partial charge in [-0.2, -0.15) is 0 Å². The highest BCUT2D eigenvalue weighted by molar-refractivity contribution is 5.91. The molecule has 94 valence electrons. The van der Waals surface area contributed by atoms with Crippen molar-refractivity contribution in [2.24, 2.45) is 0 Å². The molecule has 0 radical (unpaired) electrons. The molecule has 1 saturated heterocycles. The number of hydrogen-bond donors (Lipinski definition) is 1. The van der Waals surface area contributed by atoms with Crippen molar-refractivity contribution < 1.29 is 0 Å². The maximum atomic E-state index is 4.43. The summed E-state index contributed by atoms with van der Waals surface area (Å²) in [4.78, 5) is 6.91. The van der Waals surface area contributed by atoms with Crippen molar-refractivity contribution in [2.45, 2.75) is 18.9 Å². The molecule has 0 bridgehead atoms. The number of pyridine rings is 1. The Morgan fingerprint density at radius 1 is 1.28 bits per heavy atom. The summed E-state index contributed by atoms with van der Waals surface area (Å²) in [5.41, 5.74) is 2.40. The Hall–Kier alpha value is -1.61. The normalized spacial score (nSPS) is 20.3. The second kappa shape index (κ2) is 4.94. The van der Waals surface area contributed by atoms with Crippen molar-refractivity contribution in [2.75, 3.05) is 25.0 Å². The molecule has 2 aromatic rings. The van der Waals surface area contributed by atoms with E-state index in [0.29, 0.717) is 6.04 Å². The van der Waals surface area contributed by atoms with Gasteiger partial charge in [0.2, 0.25) is 0 Å². The lowest BCUT2D eigenvalue weighted by Crippen LogP contribution is -2.44. The molecule has 3 heteroatoms. The van der Waals surface area contributed by atoms with E-state index in [4.69, 9.17) is 0 Å². The minimum absolute atomic E-state index is 0.602. The number of aromatic nitrogens is 1. The first-order chi connectivity index (χ1) is 8.88. The summed E-state index contributed by atoms with van der Waals surface area (Å²) in [6, 6.07) is 11.2. The van der Waals surface area contributed by atoms with Gasteiger partial charge in [-0.25, -0.2) is 0 Å². The van der Waals surface area contributed by atoms with Crippen molar-refractivity contribution in [3.8, 4) is 0 Å². The zero-order valence-electron chi connectivity index (χ0n) is 10.8.